The third-order valence-corrected chi connectivity index (χ3v) is 4.11. The largest absolute Gasteiger partial charge is 0.358 e. The van der Waals surface area contributed by atoms with Crippen molar-refractivity contribution in [3.8, 4) is 0 Å². The van der Waals surface area contributed by atoms with Crippen molar-refractivity contribution in [3.63, 3.8) is 0 Å². The predicted octanol–water partition coefficient (Wildman–Crippen LogP) is 4.49. The molecule has 1 N–H and O–H groups in total. The number of fused-ring (bicyclic) bond motifs is 3. The average molecular weight is 267 g/mol. The van der Waals surface area contributed by atoms with E-state index in [1.54, 1.807) is 0 Å². The third-order valence-electron chi connectivity index (χ3n) is 4.11. The molecule has 1 aromatic heterocycles. The van der Waals surface area contributed by atoms with Crippen molar-refractivity contribution >= 4 is 10.9 Å². The molecule has 1 unspecified atom stereocenters. The van der Waals surface area contributed by atoms with Crippen LogP contribution in [0.5, 0.6) is 0 Å². The number of aromatic amines is 1. The molecule has 0 aliphatic heterocycles. The van der Waals surface area contributed by atoms with Gasteiger partial charge in [-0.1, -0.05) is 19.8 Å². The molecular weight excluding hydrogens is 251 g/mol. The topological polar surface area (TPSA) is 15.8 Å². The first-order valence-corrected chi connectivity index (χ1v) is 6.78. The van der Waals surface area contributed by atoms with Crippen LogP contribution in [0.25, 0.3) is 10.9 Å². The van der Waals surface area contributed by atoms with E-state index in [0.717, 1.165) is 49.4 Å². The summed E-state index contributed by atoms with van der Waals surface area (Å²) in [7, 11) is 0. The van der Waals surface area contributed by atoms with E-state index in [2.05, 4.69) is 11.9 Å². The summed E-state index contributed by atoms with van der Waals surface area (Å²) in [5.74, 6) is -3.03. The summed E-state index contributed by atoms with van der Waals surface area (Å²) in [5, 5.41) is 0.245. The number of rotatable bonds is 2. The highest BCUT2D eigenvalue weighted by Crippen LogP contribution is 2.35. The van der Waals surface area contributed by atoms with Gasteiger partial charge in [0.25, 0.3) is 0 Å². The number of aromatic nitrogens is 1. The van der Waals surface area contributed by atoms with E-state index < -0.39 is 17.5 Å². The van der Waals surface area contributed by atoms with Gasteiger partial charge in [0.15, 0.2) is 17.5 Å². The average Bonchev–Trinajstić information content (AvgIpc) is 2.74. The molecule has 4 heteroatoms. The summed E-state index contributed by atoms with van der Waals surface area (Å²) < 4.78 is 40.6. The number of halogens is 3. The van der Waals surface area contributed by atoms with Gasteiger partial charge in [0, 0.05) is 17.1 Å². The maximum Gasteiger partial charge on any atom is 0.195 e. The standard InChI is InChI=1S/C15H16F3N/c1-2-3-8-4-5-11-9(6-8)13-12(19-11)7-10(16)14(17)15(13)18/h7-8,19H,2-6H2,1H3. The van der Waals surface area contributed by atoms with Crippen LogP contribution < -0.4 is 0 Å². The molecule has 102 valence electrons. The highest BCUT2D eigenvalue weighted by Gasteiger charge is 2.26. The van der Waals surface area contributed by atoms with Gasteiger partial charge in [-0.05, 0) is 30.7 Å². The lowest BCUT2D eigenvalue weighted by molar-refractivity contribution is 0.420. The molecule has 2 aromatic rings. The Morgan fingerprint density at radius 2 is 2.05 bits per heavy atom. The van der Waals surface area contributed by atoms with Crippen molar-refractivity contribution in [2.45, 2.75) is 39.0 Å². The molecule has 0 amide bonds. The highest BCUT2D eigenvalue weighted by atomic mass is 19.2. The van der Waals surface area contributed by atoms with Crippen LogP contribution in [0.15, 0.2) is 6.07 Å². The quantitative estimate of drug-likeness (QED) is 0.772. The van der Waals surface area contributed by atoms with Crippen LogP contribution in [0.2, 0.25) is 0 Å². The second kappa shape index (κ2) is 4.58. The molecule has 0 spiro atoms. The lowest BCUT2D eigenvalue weighted by Crippen LogP contribution is -2.13. The number of H-pyrrole nitrogens is 1. The Morgan fingerprint density at radius 1 is 1.26 bits per heavy atom. The van der Waals surface area contributed by atoms with Crippen molar-refractivity contribution in [1.82, 2.24) is 4.98 Å². The molecule has 1 aliphatic carbocycles. The number of hydrogen-bond acceptors (Lipinski definition) is 0. The SMILES string of the molecule is CCCC1CCc2[nH]c3cc(F)c(F)c(F)c3c2C1. The first kappa shape index (κ1) is 12.6. The predicted molar refractivity (Wildman–Crippen MR) is 68.6 cm³/mol. The first-order chi connectivity index (χ1) is 9.11. The van der Waals surface area contributed by atoms with Crippen molar-refractivity contribution in [2.24, 2.45) is 5.92 Å². The summed E-state index contributed by atoms with van der Waals surface area (Å²) in [5.41, 5.74) is 2.15. The molecular formula is C15H16F3N. The monoisotopic (exact) mass is 267 g/mol. The third kappa shape index (κ3) is 1.94. The fraction of sp³-hybridized carbons (Fsp3) is 0.467. The van der Waals surface area contributed by atoms with E-state index in [9.17, 15) is 13.2 Å². The van der Waals surface area contributed by atoms with Crippen LogP contribution in [0.4, 0.5) is 13.2 Å². The summed E-state index contributed by atoms with van der Waals surface area (Å²) in [6, 6.07) is 1.06. The molecule has 1 aromatic carbocycles. The van der Waals surface area contributed by atoms with Gasteiger partial charge in [-0.2, -0.15) is 0 Å². The van der Waals surface area contributed by atoms with Crippen molar-refractivity contribution in [3.05, 3.63) is 34.8 Å². The fourth-order valence-electron chi connectivity index (χ4n) is 3.21. The second-order valence-corrected chi connectivity index (χ2v) is 5.39. The minimum absolute atomic E-state index is 0.245. The molecule has 1 aliphatic rings. The van der Waals surface area contributed by atoms with E-state index >= 15 is 0 Å². The molecule has 0 saturated carbocycles. The lowest BCUT2D eigenvalue weighted by atomic mass is 9.84. The molecule has 0 fully saturated rings. The minimum Gasteiger partial charge on any atom is -0.358 e. The first-order valence-electron chi connectivity index (χ1n) is 6.78. The molecule has 1 nitrogen and oxygen atoms in total. The molecule has 1 atom stereocenters. The van der Waals surface area contributed by atoms with Gasteiger partial charge >= 0.3 is 0 Å². The normalized spacial score (nSPS) is 18.8. The summed E-state index contributed by atoms with van der Waals surface area (Å²) in [6.07, 6.45) is 4.83. The molecule has 19 heavy (non-hydrogen) atoms. The van der Waals surface area contributed by atoms with Gasteiger partial charge in [-0.3, -0.25) is 0 Å². The Hall–Kier alpha value is -1.45. The zero-order valence-corrected chi connectivity index (χ0v) is 10.8. The van der Waals surface area contributed by atoms with Crippen LogP contribution in [-0.2, 0) is 12.8 Å². The number of nitrogens with one attached hydrogen (secondary N) is 1. The maximum absolute atomic E-state index is 14.0. The van der Waals surface area contributed by atoms with Crippen LogP contribution >= 0.6 is 0 Å². The van der Waals surface area contributed by atoms with Gasteiger partial charge < -0.3 is 4.98 Å². The fourth-order valence-corrected chi connectivity index (χ4v) is 3.21. The van der Waals surface area contributed by atoms with Gasteiger partial charge in [0.1, 0.15) is 0 Å². The van der Waals surface area contributed by atoms with Crippen LogP contribution in [0.3, 0.4) is 0 Å². The van der Waals surface area contributed by atoms with Gasteiger partial charge in [0.2, 0.25) is 0 Å². The molecule has 1 heterocycles. The maximum atomic E-state index is 14.0. The van der Waals surface area contributed by atoms with Crippen molar-refractivity contribution < 1.29 is 13.2 Å². The molecule has 0 saturated heterocycles. The van der Waals surface area contributed by atoms with Crippen LogP contribution in [0.1, 0.15) is 37.4 Å². The van der Waals surface area contributed by atoms with E-state index in [0.29, 0.717) is 11.4 Å². The highest BCUT2D eigenvalue weighted by molar-refractivity contribution is 5.85. The van der Waals surface area contributed by atoms with Gasteiger partial charge in [0.05, 0.1) is 5.52 Å². The Kier molecular flexibility index (Phi) is 3.03. The Labute approximate surface area is 109 Å². The van der Waals surface area contributed by atoms with E-state index in [1.165, 1.54) is 0 Å². The summed E-state index contributed by atoms with van der Waals surface area (Å²) in [6.45, 7) is 2.13. The summed E-state index contributed by atoms with van der Waals surface area (Å²) in [4.78, 5) is 3.04. The number of benzene rings is 1. The molecule has 0 radical (unpaired) electrons. The van der Waals surface area contributed by atoms with Crippen LogP contribution in [-0.4, -0.2) is 4.98 Å². The zero-order chi connectivity index (χ0) is 13.6. The van der Waals surface area contributed by atoms with Crippen molar-refractivity contribution in [1.29, 1.82) is 0 Å². The van der Waals surface area contributed by atoms with Gasteiger partial charge in [-0.15, -0.1) is 0 Å². The Balaban J connectivity index is 2.15. The van der Waals surface area contributed by atoms with Crippen LogP contribution in [0, 0.1) is 23.4 Å². The number of hydrogen-bond donors (Lipinski definition) is 1. The molecule has 0 bridgehead atoms. The second-order valence-electron chi connectivity index (χ2n) is 5.39. The lowest BCUT2D eigenvalue weighted by Gasteiger charge is -2.21. The van der Waals surface area contributed by atoms with E-state index in [-0.39, 0.29) is 5.39 Å². The summed E-state index contributed by atoms with van der Waals surface area (Å²) >= 11 is 0. The Bertz CT molecular complexity index is 630. The molecule has 3 rings (SSSR count). The smallest absolute Gasteiger partial charge is 0.195 e. The number of aryl methyl sites for hydroxylation is 1. The van der Waals surface area contributed by atoms with Crippen molar-refractivity contribution in [2.75, 3.05) is 0 Å². The Morgan fingerprint density at radius 3 is 2.79 bits per heavy atom. The van der Waals surface area contributed by atoms with Gasteiger partial charge in [-0.25, -0.2) is 13.2 Å². The zero-order valence-electron chi connectivity index (χ0n) is 10.8. The minimum atomic E-state index is -1.37. The van der Waals surface area contributed by atoms with E-state index in [1.807, 2.05) is 0 Å². The van der Waals surface area contributed by atoms with E-state index in [4.69, 9.17) is 0 Å².